The van der Waals surface area contributed by atoms with Crippen LogP contribution < -0.4 is 5.32 Å². The molecule has 0 aliphatic carbocycles. The summed E-state index contributed by atoms with van der Waals surface area (Å²) in [5.74, 6) is 0.456. The van der Waals surface area contributed by atoms with Crippen molar-refractivity contribution in [2.45, 2.75) is 52.8 Å². The molecular formula is C13H21F3N2S. The summed E-state index contributed by atoms with van der Waals surface area (Å²) in [7, 11) is 0. The van der Waals surface area contributed by atoms with E-state index in [2.05, 4.69) is 24.1 Å². The van der Waals surface area contributed by atoms with Crippen molar-refractivity contribution in [3.8, 4) is 0 Å². The quantitative estimate of drug-likeness (QED) is 0.823. The van der Waals surface area contributed by atoms with E-state index in [1.165, 1.54) is 11.3 Å². The van der Waals surface area contributed by atoms with Gasteiger partial charge in [0.05, 0.1) is 10.7 Å². The molecule has 0 bridgehead atoms. The van der Waals surface area contributed by atoms with Crippen LogP contribution in [0.2, 0.25) is 0 Å². The Bertz CT molecular complexity index is 386. The SMILES string of the molecule is CCNCc1sc(CCC(F)(F)F)nc1CC(C)C. The lowest BCUT2D eigenvalue weighted by molar-refractivity contribution is -0.134. The van der Waals surface area contributed by atoms with Crippen LogP contribution in [0.25, 0.3) is 0 Å². The van der Waals surface area contributed by atoms with Gasteiger partial charge in [-0.15, -0.1) is 11.3 Å². The molecule has 1 rings (SSSR count). The van der Waals surface area contributed by atoms with Gasteiger partial charge in [-0.25, -0.2) is 4.98 Å². The molecule has 1 aromatic heterocycles. The maximum atomic E-state index is 12.2. The molecule has 0 aliphatic rings. The van der Waals surface area contributed by atoms with E-state index in [0.29, 0.717) is 17.5 Å². The van der Waals surface area contributed by atoms with E-state index in [9.17, 15) is 13.2 Å². The number of aromatic nitrogens is 1. The van der Waals surface area contributed by atoms with Crippen LogP contribution in [-0.4, -0.2) is 17.7 Å². The standard InChI is InChI=1S/C13H21F3N2S/c1-4-17-8-11-10(7-9(2)3)18-12(19-11)5-6-13(14,15)16/h9,17H,4-8H2,1-3H3. The molecule has 0 fully saturated rings. The number of alkyl halides is 3. The molecule has 1 heterocycles. The van der Waals surface area contributed by atoms with Gasteiger partial charge in [-0.1, -0.05) is 20.8 Å². The third kappa shape index (κ3) is 6.38. The van der Waals surface area contributed by atoms with Crippen molar-refractivity contribution in [2.75, 3.05) is 6.54 Å². The molecule has 19 heavy (non-hydrogen) atoms. The molecule has 0 atom stereocenters. The Morgan fingerprint density at radius 1 is 1.32 bits per heavy atom. The van der Waals surface area contributed by atoms with Crippen LogP contribution in [0, 0.1) is 5.92 Å². The fourth-order valence-electron chi connectivity index (χ4n) is 1.72. The molecular weight excluding hydrogens is 273 g/mol. The van der Waals surface area contributed by atoms with Crippen LogP contribution >= 0.6 is 11.3 Å². The zero-order valence-corrected chi connectivity index (χ0v) is 12.4. The van der Waals surface area contributed by atoms with Crippen LogP contribution in [0.4, 0.5) is 13.2 Å². The van der Waals surface area contributed by atoms with E-state index in [1.54, 1.807) is 0 Å². The Hall–Kier alpha value is -0.620. The average Bonchev–Trinajstić information content (AvgIpc) is 2.64. The minimum atomic E-state index is -4.11. The highest BCUT2D eigenvalue weighted by Gasteiger charge is 2.27. The van der Waals surface area contributed by atoms with Crippen molar-refractivity contribution in [3.63, 3.8) is 0 Å². The fraction of sp³-hybridized carbons (Fsp3) is 0.769. The number of hydrogen-bond acceptors (Lipinski definition) is 3. The number of thiazole rings is 1. The van der Waals surface area contributed by atoms with Crippen molar-refractivity contribution in [3.05, 3.63) is 15.6 Å². The predicted octanol–water partition coefficient (Wildman–Crippen LogP) is 3.95. The Kier molecular flexibility index (Phi) is 6.26. The van der Waals surface area contributed by atoms with Gasteiger partial charge in [0.2, 0.25) is 0 Å². The first kappa shape index (κ1) is 16.4. The minimum Gasteiger partial charge on any atom is -0.312 e. The Morgan fingerprint density at radius 3 is 2.53 bits per heavy atom. The summed E-state index contributed by atoms with van der Waals surface area (Å²) >= 11 is 1.41. The van der Waals surface area contributed by atoms with E-state index in [4.69, 9.17) is 0 Å². The van der Waals surface area contributed by atoms with Gasteiger partial charge < -0.3 is 5.32 Å². The van der Waals surface area contributed by atoms with E-state index in [0.717, 1.165) is 23.5 Å². The topological polar surface area (TPSA) is 24.9 Å². The number of halogens is 3. The molecule has 1 aromatic rings. The van der Waals surface area contributed by atoms with E-state index < -0.39 is 12.6 Å². The first-order valence-corrected chi connectivity index (χ1v) is 7.38. The normalized spacial score (nSPS) is 12.4. The van der Waals surface area contributed by atoms with Crippen molar-refractivity contribution in [2.24, 2.45) is 5.92 Å². The van der Waals surface area contributed by atoms with Crippen LogP contribution in [0.5, 0.6) is 0 Å². The summed E-state index contributed by atoms with van der Waals surface area (Å²) < 4.78 is 36.7. The van der Waals surface area contributed by atoms with Crippen LogP contribution in [-0.2, 0) is 19.4 Å². The van der Waals surface area contributed by atoms with Crippen molar-refractivity contribution in [1.29, 1.82) is 0 Å². The highest BCUT2D eigenvalue weighted by Crippen LogP contribution is 2.26. The second kappa shape index (κ2) is 7.24. The highest BCUT2D eigenvalue weighted by molar-refractivity contribution is 7.11. The fourth-order valence-corrected chi connectivity index (χ4v) is 2.78. The molecule has 0 saturated heterocycles. The summed E-state index contributed by atoms with van der Waals surface area (Å²) in [5.41, 5.74) is 0.957. The number of nitrogens with zero attached hydrogens (tertiary/aromatic N) is 1. The Morgan fingerprint density at radius 2 is 2.00 bits per heavy atom. The smallest absolute Gasteiger partial charge is 0.312 e. The molecule has 110 valence electrons. The molecule has 2 nitrogen and oxygen atoms in total. The van der Waals surface area contributed by atoms with Crippen LogP contribution in [0.15, 0.2) is 0 Å². The van der Waals surface area contributed by atoms with Crippen molar-refractivity contribution >= 4 is 11.3 Å². The first-order valence-electron chi connectivity index (χ1n) is 6.56. The molecule has 0 amide bonds. The molecule has 0 radical (unpaired) electrons. The van der Waals surface area contributed by atoms with Gasteiger partial charge >= 0.3 is 6.18 Å². The zero-order valence-electron chi connectivity index (χ0n) is 11.6. The minimum absolute atomic E-state index is 0.00854. The maximum Gasteiger partial charge on any atom is 0.389 e. The number of rotatable bonds is 7. The summed E-state index contributed by atoms with van der Waals surface area (Å²) in [6.45, 7) is 7.73. The van der Waals surface area contributed by atoms with Crippen molar-refractivity contribution < 1.29 is 13.2 Å². The Labute approximate surface area is 116 Å². The lowest BCUT2D eigenvalue weighted by atomic mass is 10.1. The third-order valence-corrected chi connectivity index (χ3v) is 3.74. The average molecular weight is 294 g/mol. The molecule has 0 aliphatic heterocycles. The van der Waals surface area contributed by atoms with Gasteiger partial charge in [-0.05, 0) is 18.9 Å². The van der Waals surface area contributed by atoms with Crippen LogP contribution in [0.3, 0.4) is 0 Å². The van der Waals surface area contributed by atoms with Gasteiger partial charge in [-0.2, -0.15) is 13.2 Å². The number of aryl methyl sites for hydroxylation is 1. The van der Waals surface area contributed by atoms with Gasteiger partial charge in [0, 0.05) is 24.3 Å². The third-order valence-electron chi connectivity index (χ3n) is 2.58. The summed E-state index contributed by atoms with van der Waals surface area (Å²) in [6, 6.07) is 0. The number of hydrogen-bond donors (Lipinski definition) is 1. The highest BCUT2D eigenvalue weighted by atomic mass is 32.1. The summed E-state index contributed by atoms with van der Waals surface area (Å²) in [4.78, 5) is 5.46. The lowest BCUT2D eigenvalue weighted by Gasteiger charge is -2.05. The molecule has 0 aromatic carbocycles. The van der Waals surface area contributed by atoms with Gasteiger partial charge in [0.25, 0.3) is 0 Å². The van der Waals surface area contributed by atoms with Gasteiger partial charge in [0.1, 0.15) is 0 Å². The largest absolute Gasteiger partial charge is 0.389 e. The zero-order chi connectivity index (χ0) is 14.5. The Balaban J connectivity index is 2.74. The summed E-state index contributed by atoms with van der Waals surface area (Å²) in [5, 5.41) is 3.81. The molecule has 0 spiro atoms. The second-order valence-corrected chi connectivity index (χ2v) is 6.14. The van der Waals surface area contributed by atoms with E-state index in [1.807, 2.05) is 6.92 Å². The number of nitrogens with one attached hydrogen (secondary N) is 1. The van der Waals surface area contributed by atoms with E-state index >= 15 is 0 Å². The van der Waals surface area contributed by atoms with Crippen molar-refractivity contribution in [1.82, 2.24) is 10.3 Å². The molecule has 0 saturated carbocycles. The van der Waals surface area contributed by atoms with Gasteiger partial charge in [-0.3, -0.25) is 0 Å². The van der Waals surface area contributed by atoms with E-state index in [-0.39, 0.29) is 6.42 Å². The molecule has 1 N–H and O–H groups in total. The first-order chi connectivity index (χ1) is 8.81. The summed E-state index contributed by atoms with van der Waals surface area (Å²) in [6.07, 6.45) is -4.08. The maximum absolute atomic E-state index is 12.2. The van der Waals surface area contributed by atoms with Gasteiger partial charge in [0.15, 0.2) is 0 Å². The second-order valence-electron chi connectivity index (χ2n) is 4.97. The molecule has 0 unspecified atom stereocenters. The lowest BCUT2D eigenvalue weighted by Crippen LogP contribution is -2.12. The molecule has 6 heteroatoms. The van der Waals surface area contributed by atoms with Crippen LogP contribution in [0.1, 0.15) is 42.8 Å². The predicted molar refractivity (Wildman–Crippen MR) is 72.4 cm³/mol. The monoisotopic (exact) mass is 294 g/mol.